The molecule has 0 radical (unpaired) electrons. The first-order chi connectivity index (χ1) is 5.71. The van der Waals surface area contributed by atoms with Gasteiger partial charge in [0.05, 0.1) is 0 Å². The molecule has 2 atom stereocenters. The highest BCUT2D eigenvalue weighted by Gasteiger charge is 2.36. The Kier molecular flexibility index (Phi) is 2.02. The maximum atomic E-state index is 2.57. The van der Waals surface area contributed by atoms with Crippen LogP contribution in [0.3, 0.4) is 0 Å². The quantitative estimate of drug-likeness (QED) is 0.476. The molecule has 0 spiro atoms. The lowest BCUT2D eigenvalue weighted by molar-refractivity contribution is 0.150. The second-order valence-corrected chi connectivity index (χ2v) is 4.98. The number of hydrogen-bond donors (Lipinski definition) is 0. The number of hydrogen-bond acceptors (Lipinski definition) is 0. The molecular formula is C12H20. The first-order valence-electron chi connectivity index (χ1n) is 5.39. The van der Waals surface area contributed by atoms with Crippen molar-refractivity contribution in [3.8, 4) is 0 Å². The molecule has 0 heteroatoms. The van der Waals surface area contributed by atoms with Crippen molar-refractivity contribution < 1.29 is 0 Å². The minimum atomic E-state index is 0.584. The van der Waals surface area contributed by atoms with Gasteiger partial charge in [0.25, 0.3) is 0 Å². The summed E-state index contributed by atoms with van der Waals surface area (Å²) in [7, 11) is 0. The molecule has 0 nitrogen and oxygen atoms in total. The molecule has 2 aliphatic carbocycles. The summed E-state index contributed by atoms with van der Waals surface area (Å²) < 4.78 is 0. The third-order valence-corrected chi connectivity index (χ3v) is 3.91. The Balaban J connectivity index is 2.22. The van der Waals surface area contributed by atoms with Gasteiger partial charge in [-0.05, 0) is 43.9 Å². The SMILES string of the molecule is CC1=C[C@@]2(C)CCCC[C@@H]2CC1. The van der Waals surface area contributed by atoms with Gasteiger partial charge in [-0.15, -0.1) is 0 Å². The van der Waals surface area contributed by atoms with Gasteiger partial charge in [-0.2, -0.15) is 0 Å². The third-order valence-electron chi connectivity index (χ3n) is 3.91. The molecule has 0 aromatic heterocycles. The van der Waals surface area contributed by atoms with Gasteiger partial charge in [0.15, 0.2) is 0 Å². The molecule has 0 heterocycles. The fourth-order valence-electron chi connectivity index (χ4n) is 3.13. The minimum Gasteiger partial charge on any atom is -0.0794 e. The maximum Gasteiger partial charge on any atom is -0.0116 e. The Bertz CT molecular complexity index is 202. The molecule has 0 aromatic carbocycles. The molecule has 0 unspecified atom stereocenters. The minimum absolute atomic E-state index is 0.584. The number of fused-ring (bicyclic) bond motifs is 1. The van der Waals surface area contributed by atoms with Crippen molar-refractivity contribution in [3.05, 3.63) is 11.6 Å². The van der Waals surface area contributed by atoms with Crippen LogP contribution in [-0.4, -0.2) is 0 Å². The third kappa shape index (κ3) is 1.32. The van der Waals surface area contributed by atoms with Crippen LogP contribution in [0.2, 0.25) is 0 Å². The van der Waals surface area contributed by atoms with E-state index in [2.05, 4.69) is 19.9 Å². The molecule has 0 saturated heterocycles. The zero-order valence-corrected chi connectivity index (χ0v) is 8.40. The van der Waals surface area contributed by atoms with Gasteiger partial charge in [0.1, 0.15) is 0 Å². The average Bonchev–Trinajstić information content (AvgIpc) is 2.02. The number of allylic oxidation sites excluding steroid dienone is 2. The van der Waals surface area contributed by atoms with Crippen LogP contribution in [0.1, 0.15) is 52.4 Å². The van der Waals surface area contributed by atoms with Crippen molar-refractivity contribution in [2.24, 2.45) is 11.3 Å². The van der Waals surface area contributed by atoms with Crippen LogP contribution in [0, 0.1) is 11.3 Å². The summed E-state index contributed by atoms with van der Waals surface area (Å²) in [6.45, 7) is 4.77. The average molecular weight is 164 g/mol. The molecule has 12 heavy (non-hydrogen) atoms. The van der Waals surface area contributed by atoms with Gasteiger partial charge in [-0.1, -0.05) is 31.4 Å². The Morgan fingerprint density at radius 2 is 2.17 bits per heavy atom. The Morgan fingerprint density at radius 3 is 3.00 bits per heavy atom. The van der Waals surface area contributed by atoms with Crippen molar-refractivity contribution in [2.45, 2.75) is 52.4 Å². The molecule has 2 aliphatic rings. The second kappa shape index (κ2) is 2.90. The fourth-order valence-corrected chi connectivity index (χ4v) is 3.13. The van der Waals surface area contributed by atoms with Gasteiger partial charge in [-0.25, -0.2) is 0 Å². The standard InChI is InChI=1S/C12H20/c1-10-6-7-11-5-3-4-8-12(11,2)9-10/h9,11H,3-8H2,1-2H3/t11-,12-/m1/s1. The normalized spacial score (nSPS) is 41.8. The molecule has 0 bridgehead atoms. The van der Waals surface area contributed by atoms with Crippen LogP contribution in [0.5, 0.6) is 0 Å². The van der Waals surface area contributed by atoms with Gasteiger partial charge in [0, 0.05) is 0 Å². The highest BCUT2D eigenvalue weighted by atomic mass is 14.4. The monoisotopic (exact) mass is 164 g/mol. The predicted octanol–water partition coefficient (Wildman–Crippen LogP) is 3.92. The zero-order chi connectivity index (χ0) is 8.60. The van der Waals surface area contributed by atoms with Gasteiger partial charge in [0.2, 0.25) is 0 Å². The predicted molar refractivity (Wildman–Crippen MR) is 53.1 cm³/mol. The summed E-state index contributed by atoms with van der Waals surface area (Å²) in [5.41, 5.74) is 2.22. The molecular weight excluding hydrogens is 144 g/mol. The molecule has 2 rings (SSSR count). The summed E-state index contributed by atoms with van der Waals surface area (Å²) in [5.74, 6) is 1.01. The molecule has 0 aliphatic heterocycles. The highest BCUT2D eigenvalue weighted by Crippen LogP contribution is 2.48. The maximum absolute atomic E-state index is 2.57. The van der Waals surface area contributed by atoms with Crippen molar-refractivity contribution in [3.63, 3.8) is 0 Å². The van der Waals surface area contributed by atoms with Crippen molar-refractivity contribution in [1.82, 2.24) is 0 Å². The van der Waals surface area contributed by atoms with Gasteiger partial charge >= 0.3 is 0 Å². The van der Waals surface area contributed by atoms with Gasteiger partial charge in [-0.3, -0.25) is 0 Å². The zero-order valence-electron chi connectivity index (χ0n) is 8.40. The Labute approximate surface area is 76.1 Å². The lowest BCUT2D eigenvalue weighted by atomic mass is 9.62. The smallest absolute Gasteiger partial charge is 0.0116 e. The van der Waals surface area contributed by atoms with Gasteiger partial charge < -0.3 is 0 Å². The van der Waals surface area contributed by atoms with Crippen LogP contribution >= 0.6 is 0 Å². The molecule has 0 amide bonds. The highest BCUT2D eigenvalue weighted by molar-refractivity contribution is 5.13. The largest absolute Gasteiger partial charge is 0.0794 e. The van der Waals surface area contributed by atoms with Crippen LogP contribution in [0.4, 0.5) is 0 Å². The van der Waals surface area contributed by atoms with Crippen LogP contribution in [0.15, 0.2) is 11.6 Å². The molecule has 0 aromatic rings. The van der Waals surface area contributed by atoms with Crippen molar-refractivity contribution in [1.29, 1.82) is 0 Å². The van der Waals surface area contributed by atoms with Crippen LogP contribution in [-0.2, 0) is 0 Å². The Morgan fingerprint density at radius 1 is 1.33 bits per heavy atom. The topological polar surface area (TPSA) is 0 Å². The summed E-state index contributed by atoms with van der Waals surface area (Å²) >= 11 is 0. The van der Waals surface area contributed by atoms with E-state index >= 15 is 0 Å². The fraction of sp³-hybridized carbons (Fsp3) is 0.833. The molecule has 0 N–H and O–H groups in total. The van der Waals surface area contributed by atoms with E-state index in [4.69, 9.17) is 0 Å². The van der Waals surface area contributed by atoms with E-state index in [0.717, 1.165) is 5.92 Å². The van der Waals surface area contributed by atoms with Crippen LogP contribution in [0.25, 0.3) is 0 Å². The lowest BCUT2D eigenvalue weighted by Crippen LogP contribution is -2.31. The summed E-state index contributed by atoms with van der Waals surface area (Å²) in [5, 5.41) is 0. The summed E-state index contributed by atoms with van der Waals surface area (Å²) in [6.07, 6.45) is 11.2. The second-order valence-electron chi connectivity index (χ2n) is 4.98. The Hall–Kier alpha value is -0.260. The molecule has 68 valence electrons. The molecule has 1 fully saturated rings. The first kappa shape index (κ1) is 8.34. The van der Waals surface area contributed by atoms with E-state index in [1.807, 2.05) is 0 Å². The van der Waals surface area contributed by atoms with E-state index in [1.165, 1.54) is 38.5 Å². The van der Waals surface area contributed by atoms with Crippen LogP contribution < -0.4 is 0 Å². The van der Waals surface area contributed by atoms with E-state index in [-0.39, 0.29) is 0 Å². The first-order valence-corrected chi connectivity index (χ1v) is 5.39. The molecule has 1 saturated carbocycles. The van der Waals surface area contributed by atoms with Crippen molar-refractivity contribution >= 4 is 0 Å². The van der Waals surface area contributed by atoms with E-state index in [9.17, 15) is 0 Å². The summed E-state index contributed by atoms with van der Waals surface area (Å²) in [4.78, 5) is 0. The van der Waals surface area contributed by atoms with E-state index in [1.54, 1.807) is 5.57 Å². The lowest BCUT2D eigenvalue weighted by Gasteiger charge is -2.43. The van der Waals surface area contributed by atoms with E-state index in [0.29, 0.717) is 5.41 Å². The summed E-state index contributed by atoms with van der Waals surface area (Å²) in [6, 6.07) is 0. The van der Waals surface area contributed by atoms with E-state index < -0.39 is 0 Å². The van der Waals surface area contributed by atoms with Crippen molar-refractivity contribution in [2.75, 3.05) is 0 Å². The number of rotatable bonds is 0.